The van der Waals surface area contributed by atoms with E-state index in [2.05, 4.69) is 26.2 Å². The fourth-order valence-corrected chi connectivity index (χ4v) is 6.07. The summed E-state index contributed by atoms with van der Waals surface area (Å²) in [6.45, 7) is 6.66. The Hall–Kier alpha value is -4.16. The van der Waals surface area contributed by atoms with Crippen molar-refractivity contribution >= 4 is 17.6 Å². The molecule has 0 bridgehead atoms. The topological polar surface area (TPSA) is 91.6 Å². The summed E-state index contributed by atoms with van der Waals surface area (Å²) >= 11 is 0. The van der Waals surface area contributed by atoms with Gasteiger partial charge in [0.05, 0.1) is 42.9 Å². The third-order valence-electron chi connectivity index (χ3n) is 8.61. The molecule has 12 heteroatoms. The number of aryl methyl sites for hydroxylation is 1. The van der Waals surface area contributed by atoms with Crippen LogP contribution in [-0.4, -0.2) is 62.4 Å². The van der Waals surface area contributed by atoms with E-state index in [9.17, 15) is 18.3 Å². The number of hydrogen-bond donors (Lipinski definition) is 2. The third kappa shape index (κ3) is 6.09. The van der Waals surface area contributed by atoms with Crippen molar-refractivity contribution in [2.24, 2.45) is 0 Å². The second kappa shape index (κ2) is 12.1. The van der Waals surface area contributed by atoms with Crippen molar-refractivity contribution in [3.05, 3.63) is 82.4 Å². The summed E-state index contributed by atoms with van der Waals surface area (Å²) < 4.78 is 46.6. The second-order valence-electron chi connectivity index (χ2n) is 11.5. The van der Waals surface area contributed by atoms with Gasteiger partial charge in [-0.2, -0.15) is 18.2 Å². The number of rotatable bonds is 8. The Morgan fingerprint density at radius 2 is 1.89 bits per heavy atom. The van der Waals surface area contributed by atoms with Crippen molar-refractivity contribution in [2.75, 3.05) is 37.0 Å². The lowest BCUT2D eigenvalue weighted by atomic mass is 10.0. The van der Waals surface area contributed by atoms with Crippen LogP contribution in [0, 0.1) is 13.8 Å². The van der Waals surface area contributed by atoms with E-state index in [1.54, 1.807) is 13.4 Å². The average Bonchev–Trinajstić information content (AvgIpc) is 3.67. The minimum atomic E-state index is -4.36. The number of aliphatic hydroxyl groups is 1. The Bertz CT molecular complexity index is 1640. The quantitative estimate of drug-likeness (QED) is 0.269. The van der Waals surface area contributed by atoms with Crippen LogP contribution in [0.3, 0.4) is 0 Å². The number of anilines is 3. The van der Waals surface area contributed by atoms with Gasteiger partial charge >= 0.3 is 6.18 Å². The molecule has 0 amide bonds. The Morgan fingerprint density at radius 1 is 1.09 bits per heavy atom. The van der Waals surface area contributed by atoms with Crippen molar-refractivity contribution in [3.8, 4) is 11.4 Å². The van der Waals surface area contributed by atoms with Crippen LogP contribution in [0.25, 0.3) is 5.69 Å². The van der Waals surface area contributed by atoms with Gasteiger partial charge in [-0.15, -0.1) is 0 Å². The van der Waals surface area contributed by atoms with Gasteiger partial charge in [0.25, 0.3) is 0 Å². The molecule has 2 aromatic heterocycles. The van der Waals surface area contributed by atoms with E-state index >= 15 is 0 Å². The van der Waals surface area contributed by atoms with E-state index in [0.29, 0.717) is 31.3 Å². The summed E-state index contributed by atoms with van der Waals surface area (Å²) in [4.78, 5) is 18.7. The molecule has 2 aromatic carbocycles. The Balaban J connectivity index is 1.27. The van der Waals surface area contributed by atoms with Crippen molar-refractivity contribution in [3.63, 3.8) is 0 Å². The highest BCUT2D eigenvalue weighted by Gasteiger charge is 2.32. The molecule has 6 rings (SSSR count). The zero-order chi connectivity index (χ0) is 31.0. The SMILES string of the molecule is COc1cc(-n2cnc(Nc3nc4c(c(N5CCC[C@H]5CO)n3)CCN(Cc3ccc(C(F)(F)F)cc3)C4)c2)cc(C)c1C. The van der Waals surface area contributed by atoms with Crippen LogP contribution in [0.5, 0.6) is 5.75 Å². The maximum absolute atomic E-state index is 13.0. The number of imidazole rings is 1. The molecule has 0 radical (unpaired) electrons. The maximum Gasteiger partial charge on any atom is 0.416 e. The zero-order valence-corrected chi connectivity index (χ0v) is 25.0. The van der Waals surface area contributed by atoms with Crippen molar-refractivity contribution in [1.82, 2.24) is 24.4 Å². The van der Waals surface area contributed by atoms with E-state index in [0.717, 1.165) is 83.3 Å². The molecule has 4 aromatic rings. The van der Waals surface area contributed by atoms with E-state index in [-0.39, 0.29) is 12.6 Å². The van der Waals surface area contributed by atoms with Crippen LogP contribution >= 0.6 is 0 Å². The molecule has 232 valence electrons. The van der Waals surface area contributed by atoms with Crippen LogP contribution < -0.4 is 15.0 Å². The van der Waals surface area contributed by atoms with Crippen LogP contribution in [-0.2, 0) is 25.7 Å². The van der Waals surface area contributed by atoms with Crippen LogP contribution in [0.2, 0.25) is 0 Å². The molecule has 0 saturated carbocycles. The van der Waals surface area contributed by atoms with Gasteiger partial charge in [0.15, 0.2) is 5.82 Å². The predicted molar refractivity (Wildman–Crippen MR) is 162 cm³/mol. The molecule has 4 heterocycles. The first-order chi connectivity index (χ1) is 21.1. The number of nitrogens with one attached hydrogen (secondary N) is 1. The first-order valence-electron chi connectivity index (χ1n) is 14.8. The molecule has 2 N–H and O–H groups in total. The molecule has 0 unspecified atom stereocenters. The van der Waals surface area contributed by atoms with Gasteiger partial charge in [0.2, 0.25) is 5.95 Å². The standard InChI is InChI=1S/C32H36F3N7O2/c1-20-13-25(14-28(44-3)21(20)2)41-17-29(36-19-41)38-31-37-27-16-40(15-22-6-8-23(9-7-22)32(33,34)35)12-10-26(27)30(39-31)42-11-4-5-24(42)18-43/h6-9,13-14,17,19,24,43H,4-5,10-12,15-16,18H2,1-3H3,(H,37,38,39)/t24-/m0/s1. The summed E-state index contributed by atoms with van der Waals surface area (Å²) in [5.41, 5.74) is 5.17. The van der Waals surface area contributed by atoms with Crippen molar-refractivity contribution in [2.45, 2.75) is 58.4 Å². The lowest BCUT2D eigenvalue weighted by molar-refractivity contribution is -0.137. The first kappa shape index (κ1) is 29.9. The van der Waals surface area contributed by atoms with E-state index < -0.39 is 11.7 Å². The van der Waals surface area contributed by atoms with Gasteiger partial charge in [-0.3, -0.25) is 4.90 Å². The first-order valence-corrected chi connectivity index (χ1v) is 14.8. The fraction of sp³-hybridized carbons (Fsp3) is 0.406. The minimum Gasteiger partial charge on any atom is -0.496 e. The average molecular weight is 608 g/mol. The molecule has 1 atom stereocenters. The fourth-order valence-electron chi connectivity index (χ4n) is 6.07. The maximum atomic E-state index is 13.0. The van der Waals surface area contributed by atoms with Crippen LogP contribution in [0.15, 0.2) is 48.9 Å². The number of aliphatic hydroxyl groups excluding tert-OH is 1. The smallest absolute Gasteiger partial charge is 0.416 e. The molecular formula is C32H36F3N7O2. The summed E-state index contributed by atoms with van der Waals surface area (Å²) in [7, 11) is 1.66. The van der Waals surface area contributed by atoms with Gasteiger partial charge in [0, 0.05) is 37.8 Å². The molecule has 0 aliphatic carbocycles. The van der Waals surface area contributed by atoms with Gasteiger partial charge in [-0.05, 0) is 68.0 Å². The van der Waals surface area contributed by atoms with E-state index in [1.165, 1.54) is 12.1 Å². The molecular weight excluding hydrogens is 571 g/mol. The normalized spacial score (nSPS) is 17.2. The third-order valence-corrected chi connectivity index (χ3v) is 8.61. The molecule has 1 fully saturated rings. The summed E-state index contributed by atoms with van der Waals surface area (Å²) in [5, 5.41) is 13.3. The molecule has 2 aliphatic rings. The van der Waals surface area contributed by atoms with Crippen LogP contribution in [0.1, 0.15) is 46.4 Å². The number of nitrogens with zero attached hydrogens (tertiary/aromatic N) is 6. The summed E-state index contributed by atoms with van der Waals surface area (Å²) in [6.07, 6.45) is 1.79. The highest BCUT2D eigenvalue weighted by atomic mass is 19.4. The number of fused-ring (bicyclic) bond motifs is 1. The Morgan fingerprint density at radius 3 is 2.61 bits per heavy atom. The number of ether oxygens (including phenoxy) is 1. The number of halogens is 3. The molecule has 1 saturated heterocycles. The number of hydrogen-bond acceptors (Lipinski definition) is 8. The number of alkyl halides is 3. The zero-order valence-electron chi connectivity index (χ0n) is 25.0. The second-order valence-corrected chi connectivity index (χ2v) is 11.5. The molecule has 2 aliphatic heterocycles. The molecule has 44 heavy (non-hydrogen) atoms. The monoisotopic (exact) mass is 607 g/mol. The van der Waals surface area contributed by atoms with Gasteiger partial charge in [-0.1, -0.05) is 12.1 Å². The van der Waals surface area contributed by atoms with Crippen molar-refractivity contribution in [1.29, 1.82) is 0 Å². The lowest BCUT2D eigenvalue weighted by Crippen LogP contribution is -2.37. The van der Waals surface area contributed by atoms with Gasteiger partial charge in [0.1, 0.15) is 17.9 Å². The summed E-state index contributed by atoms with van der Waals surface area (Å²) in [6, 6.07) is 9.36. The lowest BCUT2D eigenvalue weighted by Gasteiger charge is -2.33. The van der Waals surface area contributed by atoms with Gasteiger partial charge in [-0.25, -0.2) is 9.97 Å². The number of benzene rings is 2. The van der Waals surface area contributed by atoms with Crippen molar-refractivity contribution < 1.29 is 23.0 Å². The highest BCUT2D eigenvalue weighted by Crippen LogP contribution is 2.34. The minimum absolute atomic E-state index is 0.00834. The summed E-state index contributed by atoms with van der Waals surface area (Å²) in [5.74, 6) is 2.60. The molecule has 0 spiro atoms. The Kier molecular flexibility index (Phi) is 8.21. The molecule has 9 nitrogen and oxygen atoms in total. The predicted octanol–water partition coefficient (Wildman–Crippen LogP) is 5.57. The van der Waals surface area contributed by atoms with Gasteiger partial charge < -0.3 is 24.6 Å². The Labute approximate surface area is 254 Å². The van der Waals surface area contributed by atoms with E-state index in [4.69, 9.17) is 14.7 Å². The number of aromatic nitrogens is 4. The number of methoxy groups -OCH3 is 1. The van der Waals surface area contributed by atoms with E-state index in [1.807, 2.05) is 30.7 Å². The highest BCUT2D eigenvalue weighted by molar-refractivity contribution is 5.58. The van der Waals surface area contributed by atoms with Crippen LogP contribution in [0.4, 0.5) is 30.8 Å². The largest absolute Gasteiger partial charge is 0.496 e.